The SMILES string of the molecule is CCOc1ccc(NC(=O)CN2C(=O)S/C(=C/c3cc(Br)cc(Br)c3OC)C2=O)cc1. The minimum Gasteiger partial charge on any atom is -0.495 e. The van der Waals surface area contributed by atoms with Crippen molar-refractivity contribution in [3.05, 3.63) is 55.8 Å². The maximum atomic E-state index is 12.7. The van der Waals surface area contributed by atoms with E-state index in [9.17, 15) is 14.4 Å². The summed E-state index contributed by atoms with van der Waals surface area (Å²) in [5.74, 6) is 0.208. The molecule has 7 nitrogen and oxygen atoms in total. The molecule has 31 heavy (non-hydrogen) atoms. The Kier molecular flexibility index (Phi) is 7.79. The fraction of sp³-hybridized carbons (Fsp3) is 0.190. The number of rotatable bonds is 7. The van der Waals surface area contributed by atoms with E-state index in [0.717, 1.165) is 21.1 Å². The van der Waals surface area contributed by atoms with Gasteiger partial charge in [0.2, 0.25) is 5.91 Å². The quantitative estimate of drug-likeness (QED) is 0.456. The molecule has 1 aliphatic rings. The van der Waals surface area contributed by atoms with Gasteiger partial charge < -0.3 is 14.8 Å². The lowest BCUT2D eigenvalue weighted by atomic mass is 10.2. The number of methoxy groups -OCH3 is 1. The largest absolute Gasteiger partial charge is 0.495 e. The summed E-state index contributed by atoms with van der Waals surface area (Å²) in [6.45, 7) is 2.04. The van der Waals surface area contributed by atoms with E-state index < -0.39 is 17.1 Å². The van der Waals surface area contributed by atoms with E-state index in [1.807, 2.05) is 13.0 Å². The molecule has 10 heteroatoms. The third-order valence-corrected chi connectivity index (χ3v) is 6.11. The zero-order chi connectivity index (χ0) is 22.5. The van der Waals surface area contributed by atoms with Gasteiger partial charge in [-0.2, -0.15) is 0 Å². The van der Waals surface area contributed by atoms with Crippen molar-refractivity contribution in [1.82, 2.24) is 4.90 Å². The summed E-state index contributed by atoms with van der Waals surface area (Å²) in [6.07, 6.45) is 1.57. The van der Waals surface area contributed by atoms with Gasteiger partial charge in [-0.25, -0.2) is 0 Å². The van der Waals surface area contributed by atoms with Gasteiger partial charge in [0.1, 0.15) is 18.0 Å². The van der Waals surface area contributed by atoms with Gasteiger partial charge in [0.05, 0.1) is 23.1 Å². The van der Waals surface area contributed by atoms with E-state index in [-0.39, 0.29) is 11.4 Å². The number of amides is 3. The molecule has 1 N–H and O–H groups in total. The van der Waals surface area contributed by atoms with E-state index in [4.69, 9.17) is 9.47 Å². The normalized spacial score (nSPS) is 14.8. The first-order valence-corrected chi connectivity index (χ1v) is 11.5. The molecule has 0 atom stereocenters. The van der Waals surface area contributed by atoms with Gasteiger partial charge in [0.15, 0.2) is 0 Å². The molecule has 0 aromatic heterocycles. The number of hydrogen-bond donors (Lipinski definition) is 1. The average molecular weight is 570 g/mol. The second-order valence-corrected chi connectivity index (χ2v) is 9.05. The molecular formula is C21H18Br2N2O5S. The molecule has 1 saturated heterocycles. The smallest absolute Gasteiger partial charge is 0.294 e. The van der Waals surface area contributed by atoms with Crippen LogP contribution >= 0.6 is 43.6 Å². The summed E-state index contributed by atoms with van der Waals surface area (Å²) in [6, 6.07) is 10.4. The van der Waals surface area contributed by atoms with Crippen molar-refractivity contribution >= 4 is 72.4 Å². The zero-order valence-corrected chi connectivity index (χ0v) is 20.6. The Morgan fingerprint density at radius 3 is 2.55 bits per heavy atom. The molecular weight excluding hydrogens is 552 g/mol. The number of anilines is 1. The van der Waals surface area contributed by atoms with Gasteiger partial charge in [-0.05, 0) is 77.1 Å². The minimum atomic E-state index is -0.532. The highest BCUT2D eigenvalue weighted by molar-refractivity contribution is 9.11. The van der Waals surface area contributed by atoms with Crippen molar-refractivity contribution in [2.45, 2.75) is 6.92 Å². The maximum absolute atomic E-state index is 12.7. The van der Waals surface area contributed by atoms with Crippen LogP contribution in [0.15, 0.2) is 50.2 Å². The van der Waals surface area contributed by atoms with E-state index >= 15 is 0 Å². The topological polar surface area (TPSA) is 84.9 Å². The average Bonchev–Trinajstić information content (AvgIpc) is 2.97. The first kappa shape index (κ1) is 23.4. The van der Waals surface area contributed by atoms with Crippen LogP contribution in [0.4, 0.5) is 10.5 Å². The highest BCUT2D eigenvalue weighted by atomic mass is 79.9. The Balaban J connectivity index is 1.72. The Morgan fingerprint density at radius 2 is 1.90 bits per heavy atom. The van der Waals surface area contributed by atoms with Gasteiger partial charge in [-0.3, -0.25) is 19.3 Å². The second-order valence-electron chi connectivity index (χ2n) is 6.28. The second kappa shape index (κ2) is 10.3. The number of hydrogen-bond acceptors (Lipinski definition) is 6. The van der Waals surface area contributed by atoms with Crippen LogP contribution in [-0.2, 0) is 9.59 Å². The molecule has 0 saturated carbocycles. The van der Waals surface area contributed by atoms with Crippen LogP contribution < -0.4 is 14.8 Å². The molecule has 3 rings (SSSR count). The summed E-state index contributed by atoms with van der Waals surface area (Å²) in [5, 5.41) is 2.17. The van der Waals surface area contributed by atoms with Crippen molar-refractivity contribution in [1.29, 1.82) is 0 Å². The number of benzene rings is 2. The minimum absolute atomic E-state index is 0.210. The molecule has 0 bridgehead atoms. The van der Waals surface area contributed by atoms with Crippen LogP contribution in [0.5, 0.6) is 11.5 Å². The summed E-state index contributed by atoms with van der Waals surface area (Å²) in [4.78, 5) is 38.6. The molecule has 0 radical (unpaired) electrons. The van der Waals surface area contributed by atoms with Crippen LogP contribution in [0.1, 0.15) is 12.5 Å². The highest BCUT2D eigenvalue weighted by Crippen LogP contribution is 2.38. The third-order valence-electron chi connectivity index (χ3n) is 4.15. The van der Waals surface area contributed by atoms with Gasteiger partial charge in [0, 0.05) is 15.7 Å². The van der Waals surface area contributed by atoms with Gasteiger partial charge in [-0.15, -0.1) is 0 Å². The van der Waals surface area contributed by atoms with Crippen LogP contribution in [0, 0.1) is 0 Å². The zero-order valence-electron chi connectivity index (χ0n) is 16.6. The number of halogens is 2. The fourth-order valence-electron chi connectivity index (χ4n) is 2.83. The summed E-state index contributed by atoms with van der Waals surface area (Å²) in [7, 11) is 1.52. The molecule has 162 valence electrons. The fourth-order valence-corrected chi connectivity index (χ4v) is 5.07. The molecule has 1 fully saturated rings. The standard InChI is InChI=1S/C21H18Br2N2O5S/c1-3-30-15-6-4-14(5-7-15)24-18(26)11-25-20(27)17(31-21(25)28)9-12-8-13(22)10-16(23)19(12)29-2/h4-10H,3,11H2,1-2H3,(H,24,26)/b17-9+. The number of nitrogens with zero attached hydrogens (tertiary/aromatic N) is 1. The van der Waals surface area contributed by atoms with Gasteiger partial charge in [0.25, 0.3) is 11.1 Å². The number of imide groups is 1. The van der Waals surface area contributed by atoms with Crippen molar-refractivity contribution < 1.29 is 23.9 Å². The Bertz CT molecular complexity index is 1060. The lowest BCUT2D eigenvalue weighted by molar-refractivity contribution is -0.127. The predicted octanol–water partition coefficient (Wildman–Crippen LogP) is 5.29. The maximum Gasteiger partial charge on any atom is 0.294 e. The van der Waals surface area contributed by atoms with Crippen molar-refractivity contribution in [2.75, 3.05) is 25.6 Å². The molecule has 1 heterocycles. The molecule has 0 unspecified atom stereocenters. The van der Waals surface area contributed by atoms with Crippen molar-refractivity contribution in [2.24, 2.45) is 0 Å². The molecule has 1 aliphatic heterocycles. The Hall–Kier alpha value is -2.30. The predicted molar refractivity (Wildman–Crippen MR) is 127 cm³/mol. The van der Waals surface area contributed by atoms with Crippen molar-refractivity contribution in [3.63, 3.8) is 0 Å². The van der Waals surface area contributed by atoms with Crippen molar-refractivity contribution in [3.8, 4) is 11.5 Å². The first-order chi connectivity index (χ1) is 14.8. The van der Waals surface area contributed by atoms with Crippen LogP contribution in [-0.4, -0.2) is 42.2 Å². The molecule has 0 spiro atoms. The Morgan fingerprint density at radius 1 is 1.19 bits per heavy atom. The third kappa shape index (κ3) is 5.69. The van der Waals surface area contributed by atoms with E-state index in [1.54, 1.807) is 36.4 Å². The lowest BCUT2D eigenvalue weighted by Gasteiger charge is -2.13. The first-order valence-electron chi connectivity index (χ1n) is 9.13. The molecule has 3 amide bonds. The lowest BCUT2D eigenvalue weighted by Crippen LogP contribution is -2.36. The molecule has 0 aliphatic carbocycles. The summed E-state index contributed by atoms with van der Waals surface area (Å²) >= 11 is 7.59. The van der Waals surface area contributed by atoms with E-state index in [1.165, 1.54) is 7.11 Å². The van der Waals surface area contributed by atoms with Gasteiger partial charge >= 0.3 is 0 Å². The molecule has 2 aromatic rings. The monoisotopic (exact) mass is 568 g/mol. The molecule has 2 aromatic carbocycles. The number of carbonyl (C=O) groups is 3. The number of nitrogens with one attached hydrogen (secondary N) is 1. The number of carbonyl (C=O) groups excluding carboxylic acids is 3. The number of ether oxygens (including phenoxy) is 2. The van der Waals surface area contributed by atoms with Crippen LogP contribution in [0.3, 0.4) is 0 Å². The summed E-state index contributed by atoms with van der Waals surface area (Å²) < 4.78 is 12.2. The summed E-state index contributed by atoms with van der Waals surface area (Å²) in [5.41, 5.74) is 1.16. The van der Waals surface area contributed by atoms with E-state index in [0.29, 0.717) is 33.8 Å². The van der Waals surface area contributed by atoms with Crippen LogP contribution in [0.25, 0.3) is 6.08 Å². The van der Waals surface area contributed by atoms with E-state index in [2.05, 4.69) is 37.2 Å². The van der Waals surface area contributed by atoms with Gasteiger partial charge in [-0.1, -0.05) is 15.9 Å². The Labute approximate surface area is 200 Å². The number of thioether (sulfide) groups is 1. The highest BCUT2D eigenvalue weighted by Gasteiger charge is 2.36. The van der Waals surface area contributed by atoms with Crippen LogP contribution in [0.2, 0.25) is 0 Å².